The van der Waals surface area contributed by atoms with Crippen molar-refractivity contribution in [2.24, 2.45) is 5.92 Å². The largest absolute Gasteiger partial charge is 0.481 e. The van der Waals surface area contributed by atoms with Crippen molar-refractivity contribution in [2.75, 3.05) is 0 Å². The second-order valence-corrected chi connectivity index (χ2v) is 8.63. The number of carboxylic acids is 1. The first kappa shape index (κ1) is 23.2. The van der Waals surface area contributed by atoms with E-state index >= 15 is 0 Å². The summed E-state index contributed by atoms with van der Waals surface area (Å²) in [5.74, 6) is -1.48. The Labute approximate surface area is 190 Å². The average Bonchev–Trinajstić information content (AvgIpc) is 2.74. The zero-order valence-electron chi connectivity index (χ0n) is 16.9. The summed E-state index contributed by atoms with van der Waals surface area (Å²) in [6.45, 7) is 0. The summed E-state index contributed by atoms with van der Waals surface area (Å²) >= 11 is 12.9. The Balaban J connectivity index is 1.86. The fourth-order valence-corrected chi connectivity index (χ4v) is 4.34. The molecule has 3 aromatic rings. The highest BCUT2D eigenvalue weighted by Crippen LogP contribution is 2.31. The highest BCUT2D eigenvalue weighted by molar-refractivity contribution is 6.35. The van der Waals surface area contributed by atoms with E-state index < -0.39 is 17.2 Å². The lowest BCUT2D eigenvalue weighted by atomic mass is 9.86. The molecule has 1 N–H and O–H groups in total. The minimum absolute atomic E-state index is 0.0966. The van der Waals surface area contributed by atoms with Crippen LogP contribution in [0.1, 0.15) is 29.5 Å². The number of fused-ring (bicyclic) bond motifs is 1. The van der Waals surface area contributed by atoms with Crippen LogP contribution in [0.3, 0.4) is 0 Å². The van der Waals surface area contributed by atoms with Gasteiger partial charge in [-0.15, -0.1) is 11.6 Å². The van der Waals surface area contributed by atoms with Crippen LogP contribution in [0.25, 0.3) is 10.8 Å². The van der Waals surface area contributed by atoms with Crippen LogP contribution >= 0.6 is 23.2 Å². The van der Waals surface area contributed by atoms with Gasteiger partial charge in [0.15, 0.2) is 0 Å². The van der Waals surface area contributed by atoms with E-state index in [4.69, 9.17) is 28.3 Å². The van der Waals surface area contributed by atoms with Gasteiger partial charge in [0, 0.05) is 28.6 Å². The Kier molecular flexibility index (Phi) is 8.05. The van der Waals surface area contributed by atoms with E-state index in [-0.39, 0.29) is 25.2 Å². The molecule has 0 aliphatic carbocycles. The number of carbonyl (C=O) groups excluding carboxylic acids is 1. The Bertz CT molecular complexity index is 1080. The maximum absolute atomic E-state index is 14.5. The molecule has 3 nitrogen and oxygen atoms in total. The van der Waals surface area contributed by atoms with Gasteiger partial charge in [0.25, 0.3) is 0 Å². The molecular formula is C25H23Cl2FO3. The molecule has 0 saturated heterocycles. The summed E-state index contributed by atoms with van der Waals surface area (Å²) in [5, 5.41) is 11.1. The molecule has 0 saturated carbocycles. The van der Waals surface area contributed by atoms with Gasteiger partial charge >= 0.3 is 5.97 Å². The van der Waals surface area contributed by atoms with Crippen LogP contribution in [0.2, 0.25) is 5.02 Å². The number of halogens is 3. The highest BCUT2D eigenvalue weighted by Gasteiger charge is 2.22. The van der Waals surface area contributed by atoms with E-state index in [2.05, 4.69) is 0 Å². The smallest absolute Gasteiger partial charge is 0.303 e. The summed E-state index contributed by atoms with van der Waals surface area (Å²) in [4.78, 5) is 21.8. The lowest BCUT2D eigenvalue weighted by molar-refractivity contribution is -0.137. The van der Waals surface area contributed by atoms with Crippen molar-refractivity contribution < 1.29 is 19.1 Å². The fraction of sp³-hybridized carbons (Fsp3) is 0.280. The van der Waals surface area contributed by atoms with Gasteiger partial charge in [-0.25, -0.2) is 4.39 Å². The van der Waals surface area contributed by atoms with Crippen LogP contribution in [-0.4, -0.2) is 22.7 Å². The average molecular weight is 461 g/mol. The van der Waals surface area contributed by atoms with Gasteiger partial charge in [0.2, 0.25) is 0 Å². The van der Waals surface area contributed by atoms with Crippen LogP contribution in [0, 0.1) is 11.7 Å². The van der Waals surface area contributed by atoms with Gasteiger partial charge in [0.1, 0.15) is 12.1 Å². The van der Waals surface area contributed by atoms with Crippen LogP contribution in [0.15, 0.2) is 54.6 Å². The standard InChI is InChI=1S/C25H23Cl2FO3/c26-22(11-12-29)19(13-16-5-6-17(24(28)14-16)8-10-25(30)31)15-18-7-9-23(27)21-4-2-1-3-20(18)21/h1-7,9,12,14,19,22H,8,10-11,13,15H2,(H,30,31). The number of hydrogen-bond donors (Lipinski definition) is 1. The van der Waals surface area contributed by atoms with Gasteiger partial charge in [-0.2, -0.15) is 0 Å². The number of alkyl halides is 1. The Morgan fingerprint density at radius 1 is 1.03 bits per heavy atom. The first-order valence-corrected chi connectivity index (χ1v) is 10.9. The molecule has 0 fully saturated rings. The lowest BCUT2D eigenvalue weighted by Gasteiger charge is -2.22. The summed E-state index contributed by atoms with van der Waals surface area (Å²) in [7, 11) is 0. The fourth-order valence-electron chi connectivity index (χ4n) is 3.86. The number of aryl methyl sites for hydroxylation is 1. The Hall–Kier alpha value is -2.43. The third kappa shape index (κ3) is 6.05. The molecule has 0 aliphatic heterocycles. The second-order valence-electron chi connectivity index (χ2n) is 7.66. The number of aliphatic carboxylic acids is 1. The third-order valence-corrected chi connectivity index (χ3v) is 6.36. The van der Waals surface area contributed by atoms with Crippen LogP contribution < -0.4 is 0 Å². The van der Waals surface area contributed by atoms with Gasteiger partial charge in [-0.1, -0.05) is 54.1 Å². The molecule has 3 rings (SSSR count). The van der Waals surface area contributed by atoms with Crippen molar-refractivity contribution in [3.63, 3.8) is 0 Å². The molecule has 2 unspecified atom stereocenters. The molecule has 0 bridgehead atoms. The van der Waals surface area contributed by atoms with E-state index in [0.29, 0.717) is 23.4 Å². The molecule has 0 radical (unpaired) electrons. The van der Waals surface area contributed by atoms with Crippen molar-refractivity contribution in [3.05, 3.63) is 82.1 Å². The molecular weight excluding hydrogens is 438 g/mol. The monoisotopic (exact) mass is 460 g/mol. The van der Waals surface area contributed by atoms with Crippen LogP contribution in [0.5, 0.6) is 0 Å². The van der Waals surface area contributed by atoms with E-state index in [1.807, 2.05) is 36.4 Å². The van der Waals surface area contributed by atoms with E-state index in [0.717, 1.165) is 28.2 Å². The predicted molar refractivity (Wildman–Crippen MR) is 123 cm³/mol. The van der Waals surface area contributed by atoms with E-state index in [1.54, 1.807) is 12.1 Å². The number of carboxylic acid groups (broad SMARTS) is 1. The summed E-state index contributed by atoms with van der Waals surface area (Å²) in [6.07, 6.45) is 2.14. The number of benzene rings is 3. The minimum atomic E-state index is -0.961. The molecule has 0 aromatic heterocycles. The molecule has 6 heteroatoms. The van der Waals surface area contributed by atoms with Gasteiger partial charge in [0.05, 0.1) is 0 Å². The van der Waals surface area contributed by atoms with Crippen molar-refractivity contribution in [3.8, 4) is 0 Å². The van der Waals surface area contributed by atoms with Gasteiger partial charge < -0.3 is 9.90 Å². The maximum atomic E-state index is 14.5. The number of carbonyl (C=O) groups is 2. The number of aldehydes is 1. The van der Waals surface area contributed by atoms with Crippen molar-refractivity contribution in [1.29, 1.82) is 0 Å². The predicted octanol–water partition coefficient (Wildman–Crippen LogP) is 6.25. The number of rotatable bonds is 10. The van der Waals surface area contributed by atoms with Gasteiger partial charge in [-0.3, -0.25) is 4.79 Å². The molecule has 31 heavy (non-hydrogen) atoms. The zero-order chi connectivity index (χ0) is 22.4. The molecule has 2 atom stereocenters. The minimum Gasteiger partial charge on any atom is -0.481 e. The molecule has 3 aromatic carbocycles. The number of hydrogen-bond acceptors (Lipinski definition) is 2. The molecule has 162 valence electrons. The summed E-state index contributed by atoms with van der Waals surface area (Å²) in [6, 6.07) is 16.6. The molecule has 0 amide bonds. The van der Waals surface area contributed by atoms with Crippen LogP contribution in [0.4, 0.5) is 4.39 Å². The Morgan fingerprint density at radius 2 is 1.74 bits per heavy atom. The van der Waals surface area contributed by atoms with Crippen molar-refractivity contribution in [2.45, 2.75) is 37.5 Å². The third-order valence-electron chi connectivity index (χ3n) is 5.50. The van der Waals surface area contributed by atoms with E-state index in [1.165, 1.54) is 6.07 Å². The Morgan fingerprint density at radius 3 is 2.42 bits per heavy atom. The van der Waals surface area contributed by atoms with E-state index in [9.17, 15) is 14.0 Å². The summed E-state index contributed by atoms with van der Waals surface area (Å²) in [5.41, 5.74) is 2.21. The van der Waals surface area contributed by atoms with Gasteiger partial charge in [-0.05, 0) is 59.4 Å². The summed E-state index contributed by atoms with van der Waals surface area (Å²) < 4.78 is 14.5. The SMILES string of the molecule is O=CCC(Cl)C(Cc1ccc(CCC(=O)O)c(F)c1)Cc1ccc(Cl)c2ccccc12. The molecule has 0 aliphatic rings. The van der Waals surface area contributed by atoms with Crippen molar-refractivity contribution >= 4 is 46.2 Å². The highest BCUT2D eigenvalue weighted by atomic mass is 35.5. The van der Waals surface area contributed by atoms with Crippen molar-refractivity contribution in [1.82, 2.24) is 0 Å². The topological polar surface area (TPSA) is 54.4 Å². The first-order chi connectivity index (χ1) is 14.9. The zero-order valence-corrected chi connectivity index (χ0v) is 18.4. The quantitative estimate of drug-likeness (QED) is 0.287. The van der Waals surface area contributed by atoms with Crippen LogP contribution in [-0.2, 0) is 28.9 Å². The first-order valence-electron chi connectivity index (χ1n) is 10.1. The molecule has 0 heterocycles. The molecule has 0 spiro atoms. The lowest BCUT2D eigenvalue weighted by Crippen LogP contribution is -2.21. The maximum Gasteiger partial charge on any atom is 0.303 e. The normalized spacial score (nSPS) is 13.1. The second kappa shape index (κ2) is 10.7.